The van der Waals surface area contributed by atoms with Crippen molar-refractivity contribution in [2.75, 3.05) is 0 Å². The SMILES string of the molecule is Cc1c([O-])on[n+]1C(C)Cc1ccccc1. The second-order valence-electron chi connectivity index (χ2n) is 3.93. The average molecular weight is 218 g/mol. The average Bonchev–Trinajstić information content (AvgIpc) is 2.61. The molecule has 84 valence electrons. The molecule has 0 saturated carbocycles. The number of benzene rings is 1. The van der Waals surface area contributed by atoms with Gasteiger partial charge >= 0.3 is 0 Å². The molecule has 4 nitrogen and oxygen atoms in total. The lowest BCUT2D eigenvalue weighted by molar-refractivity contribution is -0.786. The maximum Gasteiger partial charge on any atom is 0.230 e. The van der Waals surface area contributed by atoms with E-state index in [-0.39, 0.29) is 12.0 Å². The van der Waals surface area contributed by atoms with Gasteiger partial charge in [-0.15, -0.1) is 0 Å². The van der Waals surface area contributed by atoms with Crippen molar-refractivity contribution in [1.29, 1.82) is 0 Å². The molecule has 1 unspecified atom stereocenters. The number of nitrogens with zero attached hydrogens (tertiary/aromatic N) is 2. The van der Waals surface area contributed by atoms with Gasteiger partial charge in [0.25, 0.3) is 0 Å². The third-order valence-electron chi connectivity index (χ3n) is 2.64. The fourth-order valence-corrected chi connectivity index (χ4v) is 1.75. The Morgan fingerprint density at radius 3 is 2.62 bits per heavy atom. The van der Waals surface area contributed by atoms with Crippen LogP contribution in [0.1, 0.15) is 24.2 Å². The normalized spacial score (nSPS) is 12.6. The van der Waals surface area contributed by atoms with Crippen molar-refractivity contribution < 1.29 is 14.3 Å². The Bertz CT molecular complexity index is 465. The molecule has 0 aliphatic carbocycles. The summed E-state index contributed by atoms with van der Waals surface area (Å²) in [5.41, 5.74) is 1.76. The van der Waals surface area contributed by atoms with Gasteiger partial charge in [-0.3, -0.25) is 0 Å². The Morgan fingerprint density at radius 1 is 1.38 bits per heavy atom. The third-order valence-corrected chi connectivity index (χ3v) is 2.64. The largest absolute Gasteiger partial charge is 0.539 e. The van der Waals surface area contributed by atoms with E-state index in [2.05, 4.69) is 21.9 Å². The van der Waals surface area contributed by atoms with E-state index in [1.165, 1.54) is 5.56 Å². The highest BCUT2D eigenvalue weighted by Gasteiger charge is 2.20. The molecule has 0 bridgehead atoms. The Hall–Kier alpha value is -1.84. The molecule has 1 heterocycles. The zero-order valence-electron chi connectivity index (χ0n) is 9.38. The second kappa shape index (κ2) is 4.35. The van der Waals surface area contributed by atoms with Gasteiger partial charge in [0, 0.05) is 20.3 Å². The maximum absolute atomic E-state index is 11.1. The summed E-state index contributed by atoms with van der Waals surface area (Å²) in [7, 11) is 0. The van der Waals surface area contributed by atoms with Crippen LogP contribution in [-0.4, -0.2) is 5.27 Å². The predicted molar refractivity (Wildman–Crippen MR) is 55.7 cm³/mol. The first-order chi connectivity index (χ1) is 7.68. The van der Waals surface area contributed by atoms with Crippen molar-refractivity contribution in [3.05, 3.63) is 41.6 Å². The van der Waals surface area contributed by atoms with Gasteiger partial charge in [-0.1, -0.05) is 35.0 Å². The molecular weight excluding hydrogens is 204 g/mol. The van der Waals surface area contributed by atoms with Gasteiger partial charge in [0.15, 0.2) is 12.0 Å². The zero-order chi connectivity index (χ0) is 11.5. The van der Waals surface area contributed by atoms with Gasteiger partial charge in [0.2, 0.25) is 5.69 Å². The first kappa shape index (κ1) is 10.7. The van der Waals surface area contributed by atoms with Crippen LogP contribution in [0.15, 0.2) is 34.9 Å². The Morgan fingerprint density at radius 2 is 2.06 bits per heavy atom. The molecule has 0 fully saturated rings. The van der Waals surface area contributed by atoms with Crippen LogP contribution in [-0.2, 0) is 6.42 Å². The first-order valence-corrected chi connectivity index (χ1v) is 5.27. The smallest absolute Gasteiger partial charge is 0.230 e. The standard InChI is InChI=1S/C12H14N2O2/c1-9(8-11-6-4-3-5-7-11)14-10(2)12(15)16-13-14/h3-7,9H,8H2,1-2H3. The number of hydrogen-bond donors (Lipinski definition) is 0. The van der Waals surface area contributed by atoms with E-state index in [0.29, 0.717) is 5.69 Å². The number of rotatable bonds is 3. The lowest BCUT2D eigenvalue weighted by Crippen LogP contribution is -2.43. The van der Waals surface area contributed by atoms with Crippen LogP contribution in [0.4, 0.5) is 0 Å². The van der Waals surface area contributed by atoms with Crippen LogP contribution >= 0.6 is 0 Å². The van der Waals surface area contributed by atoms with Crippen molar-refractivity contribution in [1.82, 2.24) is 5.27 Å². The molecule has 1 aromatic heterocycles. The van der Waals surface area contributed by atoms with Crippen molar-refractivity contribution in [3.63, 3.8) is 0 Å². The van der Waals surface area contributed by atoms with E-state index in [0.717, 1.165) is 6.42 Å². The molecule has 1 atom stereocenters. The highest BCUT2D eigenvalue weighted by Crippen LogP contribution is 2.11. The molecule has 0 aliphatic rings. The molecule has 4 heteroatoms. The van der Waals surface area contributed by atoms with Gasteiger partial charge in [-0.2, -0.15) is 0 Å². The molecule has 0 spiro atoms. The molecule has 0 radical (unpaired) electrons. The Balaban J connectivity index is 2.15. The lowest BCUT2D eigenvalue weighted by Gasteiger charge is -2.04. The van der Waals surface area contributed by atoms with Crippen LogP contribution in [0, 0.1) is 6.92 Å². The highest BCUT2D eigenvalue weighted by molar-refractivity contribution is 5.14. The van der Waals surface area contributed by atoms with Crippen molar-refractivity contribution >= 4 is 0 Å². The summed E-state index contributed by atoms with van der Waals surface area (Å²) < 4.78 is 6.25. The van der Waals surface area contributed by atoms with E-state index in [4.69, 9.17) is 0 Å². The Kier molecular flexibility index (Phi) is 2.90. The summed E-state index contributed by atoms with van der Waals surface area (Å²) in [5, 5.41) is 14.9. The number of aromatic nitrogens is 2. The van der Waals surface area contributed by atoms with E-state index >= 15 is 0 Å². The molecule has 16 heavy (non-hydrogen) atoms. The van der Waals surface area contributed by atoms with Crippen LogP contribution < -0.4 is 9.79 Å². The third kappa shape index (κ3) is 2.05. The minimum atomic E-state index is -0.361. The monoisotopic (exact) mass is 218 g/mol. The molecule has 0 aliphatic heterocycles. The minimum Gasteiger partial charge on any atom is -0.539 e. The Labute approximate surface area is 94.1 Å². The quantitative estimate of drug-likeness (QED) is 0.726. The van der Waals surface area contributed by atoms with Crippen molar-refractivity contribution in [2.45, 2.75) is 26.3 Å². The summed E-state index contributed by atoms with van der Waals surface area (Å²) >= 11 is 0. The minimum absolute atomic E-state index is 0.119. The summed E-state index contributed by atoms with van der Waals surface area (Å²) in [5.74, 6) is -0.361. The highest BCUT2D eigenvalue weighted by atomic mass is 16.6. The van der Waals surface area contributed by atoms with E-state index < -0.39 is 0 Å². The predicted octanol–water partition coefficient (Wildman–Crippen LogP) is 1.15. The first-order valence-electron chi connectivity index (χ1n) is 5.27. The zero-order valence-corrected chi connectivity index (χ0v) is 9.38. The van der Waals surface area contributed by atoms with Gasteiger partial charge in [-0.25, -0.2) is 0 Å². The molecule has 0 saturated heterocycles. The lowest BCUT2D eigenvalue weighted by atomic mass is 10.1. The van der Waals surface area contributed by atoms with Gasteiger partial charge < -0.3 is 9.63 Å². The van der Waals surface area contributed by atoms with Crippen molar-refractivity contribution in [3.8, 4) is 5.95 Å². The summed E-state index contributed by atoms with van der Waals surface area (Å²) in [6.07, 6.45) is 0.832. The molecular formula is C12H14N2O2. The van der Waals surface area contributed by atoms with Crippen LogP contribution in [0.2, 0.25) is 0 Å². The molecule has 2 aromatic rings. The van der Waals surface area contributed by atoms with E-state index in [9.17, 15) is 5.11 Å². The molecule has 0 amide bonds. The molecule has 2 rings (SSSR count). The van der Waals surface area contributed by atoms with Gasteiger partial charge in [0.05, 0.1) is 5.27 Å². The summed E-state index contributed by atoms with van der Waals surface area (Å²) in [4.78, 5) is 0. The van der Waals surface area contributed by atoms with E-state index in [1.807, 2.05) is 25.1 Å². The maximum atomic E-state index is 11.1. The van der Waals surface area contributed by atoms with Crippen molar-refractivity contribution in [2.24, 2.45) is 0 Å². The summed E-state index contributed by atoms with van der Waals surface area (Å²) in [6, 6.07) is 10.2. The van der Waals surface area contributed by atoms with Crippen LogP contribution in [0.5, 0.6) is 5.95 Å². The van der Waals surface area contributed by atoms with E-state index in [1.54, 1.807) is 11.6 Å². The van der Waals surface area contributed by atoms with Crippen LogP contribution in [0.3, 0.4) is 0 Å². The molecule has 0 N–H and O–H groups in total. The van der Waals surface area contributed by atoms with Gasteiger partial charge in [0.1, 0.15) is 0 Å². The van der Waals surface area contributed by atoms with Crippen LogP contribution in [0.25, 0.3) is 0 Å². The fraction of sp³-hybridized carbons (Fsp3) is 0.333. The second-order valence-corrected chi connectivity index (χ2v) is 3.93. The summed E-state index contributed by atoms with van der Waals surface area (Å²) in [6.45, 7) is 3.74. The molecule has 1 aromatic carbocycles. The topological polar surface area (TPSA) is 53.0 Å². The van der Waals surface area contributed by atoms with Gasteiger partial charge in [-0.05, 0) is 5.56 Å². The number of hydrogen-bond acceptors (Lipinski definition) is 3. The fourth-order valence-electron chi connectivity index (χ4n) is 1.75.